The van der Waals surface area contributed by atoms with Gasteiger partial charge in [0.1, 0.15) is 10.5 Å². The minimum absolute atomic E-state index is 0.477. The summed E-state index contributed by atoms with van der Waals surface area (Å²) in [5, 5.41) is 0. The Kier molecular flexibility index (Phi) is 3.94. The van der Waals surface area contributed by atoms with Crippen LogP contribution in [0.1, 0.15) is 51.3 Å². The summed E-state index contributed by atoms with van der Waals surface area (Å²) < 4.78 is 0.687. The highest BCUT2D eigenvalue weighted by Crippen LogP contribution is 2.41. The van der Waals surface area contributed by atoms with E-state index in [9.17, 15) is 0 Å². The predicted octanol–water partition coefficient (Wildman–Crippen LogP) is 5.49. The summed E-state index contributed by atoms with van der Waals surface area (Å²) >= 11 is 5.37. The van der Waals surface area contributed by atoms with Gasteiger partial charge in [-0.05, 0) is 42.7 Å². The summed E-state index contributed by atoms with van der Waals surface area (Å²) in [5.74, 6) is 1.58. The number of rotatable bonds is 2. The quantitative estimate of drug-likeness (QED) is 0.743. The van der Waals surface area contributed by atoms with E-state index in [1.807, 2.05) is 12.1 Å². The van der Waals surface area contributed by atoms with Crippen molar-refractivity contribution in [2.75, 3.05) is 0 Å². The molecule has 0 amide bonds. The normalized spacial score (nSPS) is 18.6. The lowest BCUT2D eigenvalue weighted by Crippen LogP contribution is -2.21. The molecule has 2 nitrogen and oxygen atoms in total. The van der Waals surface area contributed by atoms with Gasteiger partial charge in [-0.2, -0.15) is 0 Å². The summed E-state index contributed by atoms with van der Waals surface area (Å²) in [6.45, 7) is 4.72. The zero-order valence-electron chi connectivity index (χ0n) is 12.7. The molecule has 1 aliphatic carbocycles. The van der Waals surface area contributed by atoms with Gasteiger partial charge in [-0.15, -0.1) is 0 Å². The maximum atomic E-state index is 5.37. The molecule has 1 heterocycles. The van der Waals surface area contributed by atoms with Gasteiger partial charge < -0.3 is 4.98 Å². The molecular weight excluding hydrogens is 276 g/mol. The minimum Gasteiger partial charge on any atom is -0.343 e. The number of hydrogen-bond acceptors (Lipinski definition) is 2. The summed E-state index contributed by atoms with van der Waals surface area (Å²) in [7, 11) is 0. The van der Waals surface area contributed by atoms with Crippen LogP contribution in [0.2, 0.25) is 0 Å². The van der Waals surface area contributed by atoms with Crippen LogP contribution >= 0.6 is 12.2 Å². The Bertz CT molecular complexity index is 663. The lowest BCUT2D eigenvalue weighted by Gasteiger charge is -2.33. The second kappa shape index (κ2) is 5.72. The van der Waals surface area contributed by atoms with Crippen LogP contribution < -0.4 is 0 Å². The third-order valence-corrected chi connectivity index (χ3v) is 4.78. The van der Waals surface area contributed by atoms with Crippen LogP contribution in [0.25, 0.3) is 11.3 Å². The number of hydrogen-bond donors (Lipinski definition) is 1. The number of nitrogens with one attached hydrogen (secondary N) is 1. The fourth-order valence-corrected chi connectivity index (χ4v) is 3.33. The first kappa shape index (κ1) is 14.5. The van der Waals surface area contributed by atoms with Gasteiger partial charge in [0.25, 0.3) is 0 Å². The highest BCUT2D eigenvalue weighted by atomic mass is 32.1. The monoisotopic (exact) mass is 298 g/mol. The first-order valence-electron chi connectivity index (χ1n) is 7.70. The molecule has 0 atom stereocenters. The number of aromatic nitrogens is 2. The molecule has 0 radical (unpaired) electrons. The van der Waals surface area contributed by atoms with Crippen molar-refractivity contribution in [1.82, 2.24) is 9.97 Å². The Hall–Kier alpha value is -1.48. The van der Waals surface area contributed by atoms with Crippen molar-refractivity contribution in [3.05, 3.63) is 46.9 Å². The maximum absolute atomic E-state index is 5.37. The standard InChI is InChI=1S/C18H22N2S/c1-18(2)10-8-14(9-11-18)17-19-15(12-16(21)20-17)13-6-4-3-5-7-13/h3-7,12,14H,8-11H2,1-2H3,(H,19,20,21). The van der Waals surface area contributed by atoms with E-state index in [1.54, 1.807) is 0 Å². The van der Waals surface area contributed by atoms with Crippen molar-refractivity contribution in [2.24, 2.45) is 5.41 Å². The highest BCUT2D eigenvalue weighted by Gasteiger charge is 2.28. The molecule has 110 valence electrons. The topological polar surface area (TPSA) is 28.7 Å². The van der Waals surface area contributed by atoms with Gasteiger partial charge in [-0.1, -0.05) is 56.4 Å². The van der Waals surface area contributed by atoms with Crippen molar-refractivity contribution in [1.29, 1.82) is 0 Å². The summed E-state index contributed by atoms with van der Waals surface area (Å²) in [6, 6.07) is 12.3. The third kappa shape index (κ3) is 3.41. The Morgan fingerprint density at radius 2 is 1.81 bits per heavy atom. The molecule has 0 aliphatic heterocycles. The molecule has 0 spiro atoms. The summed E-state index contributed by atoms with van der Waals surface area (Å²) in [6.07, 6.45) is 4.91. The van der Waals surface area contributed by atoms with Gasteiger partial charge in [0, 0.05) is 11.6 Å². The van der Waals surface area contributed by atoms with Crippen LogP contribution in [0.4, 0.5) is 0 Å². The van der Waals surface area contributed by atoms with E-state index in [0.717, 1.165) is 11.5 Å². The molecule has 21 heavy (non-hydrogen) atoms. The summed E-state index contributed by atoms with van der Waals surface area (Å²) in [4.78, 5) is 8.11. The summed E-state index contributed by atoms with van der Waals surface area (Å²) in [5.41, 5.74) is 2.73. The highest BCUT2D eigenvalue weighted by molar-refractivity contribution is 7.71. The molecular formula is C18H22N2S. The van der Waals surface area contributed by atoms with E-state index >= 15 is 0 Å². The fraction of sp³-hybridized carbons (Fsp3) is 0.444. The number of H-pyrrole nitrogens is 1. The third-order valence-electron chi connectivity index (χ3n) is 4.57. The van der Waals surface area contributed by atoms with Gasteiger partial charge in [0.2, 0.25) is 0 Å². The maximum Gasteiger partial charge on any atom is 0.130 e. The lowest BCUT2D eigenvalue weighted by molar-refractivity contribution is 0.221. The van der Waals surface area contributed by atoms with Crippen LogP contribution in [0.5, 0.6) is 0 Å². The largest absolute Gasteiger partial charge is 0.343 e. The molecule has 1 aliphatic rings. The molecule has 3 heteroatoms. The number of aromatic amines is 1. The Morgan fingerprint density at radius 1 is 1.14 bits per heavy atom. The van der Waals surface area contributed by atoms with Gasteiger partial charge in [0.15, 0.2) is 0 Å². The zero-order chi connectivity index (χ0) is 14.9. The molecule has 1 aromatic heterocycles. The fourth-order valence-electron chi connectivity index (χ4n) is 3.12. The molecule has 1 aromatic carbocycles. The average Bonchev–Trinajstić information content (AvgIpc) is 2.47. The Morgan fingerprint density at radius 3 is 2.48 bits per heavy atom. The molecule has 0 bridgehead atoms. The van der Waals surface area contributed by atoms with E-state index in [4.69, 9.17) is 12.2 Å². The molecule has 2 aromatic rings. The van der Waals surface area contributed by atoms with Crippen molar-refractivity contribution < 1.29 is 0 Å². The molecule has 3 rings (SSSR count). The van der Waals surface area contributed by atoms with Crippen LogP contribution in [0, 0.1) is 10.1 Å². The van der Waals surface area contributed by atoms with Crippen LogP contribution in [0.15, 0.2) is 36.4 Å². The average molecular weight is 298 g/mol. The van der Waals surface area contributed by atoms with Crippen LogP contribution in [-0.4, -0.2) is 9.97 Å². The molecule has 0 saturated heterocycles. The molecule has 1 fully saturated rings. The van der Waals surface area contributed by atoms with E-state index in [0.29, 0.717) is 16.0 Å². The van der Waals surface area contributed by atoms with Crippen molar-refractivity contribution in [3.63, 3.8) is 0 Å². The van der Waals surface area contributed by atoms with E-state index in [2.05, 4.69) is 48.1 Å². The lowest BCUT2D eigenvalue weighted by atomic mass is 9.73. The Balaban J connectivity index is 1.91. The number of benzene rings is 1. The minimum atomic E-state index is 0.477. The molecule has 1 saturated carbocycles. The second-order valence-electron chi connectivity index (χ2n) is 6.82. The number of nitrogens with zero attached hydrogens (tertiary/aromatic N) is 1. The van der Waals surface area contributed by atoms with E-state index in [1.165, 1.54) is 31.2 Å². The first-order chi connectivity index (χ1) is 10.0. The second-order valence-corrected chi connectivity index (χ2v) is 7.24. The van der Waals surface area contributed by atoms with Gasteiger partial charge in [0.05, 0.1) is 0 Å². The molecule has 1 N–H and O–H groups in total. The van der Waals surface area contributed by atoms with E-state index < -0.39 is 0 Å². The Labute approximate surface area is 131 Å². The predicted molar refractivity (Wildman–Crippen MR) is 89.8 cm³/mol. The van der Waals surface area contributed by atoms with Crippen LogP contribution in [0.3, 0.4) is 0 Å². The van der Waals surface area contributed by atoms with Crippen molar-refractivity contribution in [3.8, 4) is 11.3 Å². The van der Waals surface area contributed by atoms with Crippen molar-refractivity contribution in [2.45, 2.75) is 45.4 Å². The smallest absolute Gasteiger partial charge is 0.130 e. The van der Waals surface area contributed by atoms with E-state index in [-0.39, 0.29) is 0 Å². The van der Waals surface area contributed by atoms with Gasteiger partial charge >= 0.3 is 0 Å². The molecule has 0 unspecified atom stereocenters. The van der Waals surface area contributed by atoms with Crippen LogP contribution in [-0.2, 0) is 0 Å². The van der Waals surface area contributed by atoms with Crippen molar-refractivity contribution >= 4 is 12.2 Å². The zero-order valence-corrected chi connectivity index (χ0v) is 13.5. The van der Waals surface area contributed by atoms with Gasteiger partial charge in [-0.3, -0.25) is 0 Å². The first-order valence-corrected chi connectivity index (χ1v) is 8.11. The van der Waals surface area contributed by atoms with Gasteiger partial charge in [-0.25, -0.2) is 4.98 Å². The SMILES string of the molecule is CC1(C)CCC(c2nc(=S)cc(-c3ccccc3)[nH]2)CC1.